The smallest absolute Gasteiger partial charge is 0.145 e. The molecule has 1 aliphatic heterocycles. The summed E-state index contributed by atoms with van der Waals surface area (Å²) in [5.74, 6) is 1.03. The molecule has 0 aromatic carbocycles. The fourth-order valence-corrected chi connectivity index (χ4v) is 4.40. The molecule has 1 saturated heterocycles. The van der Waals surface area contributed by atoms with Crippen LogP contribution in [0.3, 0.4) is 0 Å². The van der Waals surface area contributed by atoms with Gasteiger partial charge in [0.25, 0.3) is 0 Å². The van der Waals surface area contributed by atoms with Gasteiger partial charge in [-0.1, -0.05) is 0 Å². The maximum atomic E-state index is 13.9. The second kappa shape index (κ2) is 6.61. The van der Waals surface area contributed by atoms with Gasteiger partial charge in [0.15, 0.2) is 0 Å². The molecule has 0 unspecified atom stereocenters. The van der Waals surface area contributed by atoms with Crippen LogP contribution >= 0.6 is 0 Å². The molecular formula is C18H23FN4O. The quantitative estimate of drug-likeness (QED) is 0.864. The number of fused-ring (bicyclic) bond motifs is 1. The Hall–Kier alpha value is -1.79. The number of ether oxygens (including phenoxy) is 1. The van der Waals surface area contributed by atoms with Crippen molar-refractivity contribution < 1.29 is 9.13 Å². The average Bonchev–Trinajstić information content (AvgIpc) is 3.24. The van der Waals surface area contributed by atoms with Gasteiger partial charge in [-0.15, -0.1) is 0 Å². The first-order valence-corrected chi connectivity index (χ1v) is 8.57. The molecule has 0 bridgehead atoms. The molecule has 2 aromatic rings. The van der Waals surface area contributed by atoms with E-state index in [0.29, 0.717) is 24.4 Å². The summed E-state index contributed by atoms with van der Waals surface area (Å²) in [5.41, 5.74) is 0.732. The number of aromatic nitrogens is 3. The van der Waals surface area contributed by atoms with Crippen molar-refractivity contribution in [1.29, 1.82) is 0 Å². The average molecular weight is 330 g/mol. The van der Waals surface area contributed by atoms with Gasteiger partial charge in [-0.3, -0.25) is 14.6 Å². The molecule has 4 rings (SSSR count). The summed E-state index contributed by atoms with van der Waals surface area (Å²) in [7, 11) is 1.79. The first-order valence-electron chi connectivity index (χ1n) is 8.57. The third-order valence-corrected chi connectivity index (χ3v) is 5.58. The second-order valence-electron chi connectivity index (χ2n) is 6.98. The predicted octanol–water partition coefficient (Wildman–Crippen LogP) is 2.52. The van der Waals surface area contributed by atoms with E-state index < -0.39 is 0 Å². The molecule has 1 aliphatic carbocycles. The lowest BCUT2D eigenvalue weighted by atomic mass is 9.77. The number of likely N-dealkylation sites (tertiary alicyclic amines) is 1. The summed E-state index contributed by atoms with van der Waals surface area (Å²) in [5, 5.41) is 4.42. The van der Waals surface area contributed by atoms with Crippen LogP contribution in [0.15, 0.2) is 36.9 Å². The minimum atomic E-state index is -0.212. The van der Waals surface area contributed by atoms with E-state index in [0.717, 1.165) is 31.5 Å². The van der Waals surface area contributed by atoms with Crippen molar-refractivity contribution in [3.63, 3.8) is 0 Å². The first kappa shape index (κ1) is 15.7. The number of halogens is 1. The fourth-order valence-electron chi connectivity index (χ4n) is 4.40. The summed E-state index contributed by atoms with van der Waals surface area (Å²) in [6.45, 7) is 2.68. The van der Waals surface area contributed by atoms with Crippen LogP contribution in [0.1, 0.15) is 24.4 Å². The van der Waals surface area contributed by atoms with E-state index in [2.05, 4.69) is 15.0 Å². The van der Waals surface area contributed by atoms with Crippen molar-refractivity contribution in [1.82, 2.24) is 19.7 Å². The molecule has 3 heterocycles. The normalized spacial score (nSPS) is 30.4. The molecule has 2 fully saturated rings. The van der Waals surface area contributed by atoms with E-state index in [-0.39, 0.29) is 11.9 Å². The van der Waals surface area contributed by atoms with Gasteiger partial charge in [0.1, 0.15) is 5.82 Å². The van der Waals surface area contributed by atoms with Crippen molar-refractivity contribution in [3.8, 4) is 0 Å². The van der Waals surface area contributed by atoms with Gasteiger partial charge in [0.05, 0.1) is 18.3 Å². The standard InChI is InChI=1S/C18H23FN4O/c1-24-18-8-15-12-22(10-13-3-5-20-9-16(13)19)11-14(15)7-17(18)23-6-2-4-21-23/h2-6,9,14-15,17-18H,7-8,10-12H2,1H3/t14-,15+,17-,18-/m0/s1. The van der Waals surface area contributed by atoms with Crippen molar-refractivity contribution >= 4 is 0 Å². The first-order chi connectivity index (χ1) is 11.7. The third kappa shape index (κ3) is 2.96. The third-order valence-electron chi connectivity index (χ3n) is 5.58. The number of nitrogens with zero attached hydrogens (tertiary/aromatic N) is 4. The van der Waals surface area contributed by atoms with Gasteiger partial charge in [-0.05, 0) is 36.8 Å². The van der Waals surface area contributed by atoms with E-state index in [1.54, 1.807) is 19.4 Å². The zero-order valence-electron chi connectivity index (χ0n) is 13.9. The molecule has 2 aliphatic rings. The minimum Gasteiger partial charge on any atom is -0.379 e. The highest BCUT2D eigenvalue weighted by molar-refractivity contribution is 5.13. The summed E-state index contributed by atoms with van der Waals surface area (Å²) >= 11 is 0. The predicted molar refractivity (Wildman–Crippen MR) is 87.7 cm³/mol. The van der Waals surface area contributed by atoms with Gasteiger partial charge in [-0.25, -0.2) is 4.39 Å². The molecule has 6 heteroatoms. The Morgan fingerprint density at radius 3 is 2.79 bits per heavy atom. The highest BCUT2D eigenvalue weighted by atomic mass is 19.1. The van der Waals surface area contributed by atoms with E-state index in [1.807, 2.05) is 23.1 Å². The Bertz CT molecular complexity index is 677. The second-order valence-corrected chi connectivity index (χ2v) is 6.98. The number of methoxy groups -OCH3 is 1. The number of hydrogen-bond acceptors (Lipinski definition) is 4. The topological polar surface area (TPSA) is 43.2 Å². The summed E-state index contributed by atoms with van der Waals surface area (Å²) in [6, 6.07) is 4.04. The van der Waals surface area contributed by atoms with Crippen molar-refractivity contribution in [2.24, 2.45) is 11.8 Å². The Labute approximate surface area is 141 Å². The molecule has 0 radical (unpaired) electrons. The lowest BCUT2D eigenvalue weighted by molar-refractivity contribution is -0.00486. The van der Waals surface area contributed by atoms with Crippen LogP contribution in [0.4, 0.5) is 4.39 Å². The van der Waals surface area contributed by atoms with Crippen LogP contribution < -0.4 is 0 Å². The van der Waals surface area contributed by atoms with Crippen molar-refractivity contribution in [3.05, 3.63) is 48.3 Å². The lowest BCUT2D eigenvalue weighted by Crippen LogP contribution is -2.37. The van der Waals surface area contributed by atoms with E-state index in [1.165, 1.54) is 6.20 Å². The van der Waals surface area contributed by atoms with Gasteiger partial charge in [-0.2, -0.15) is 5.10 Å². The Kier molecular flexibility index (Phi) is 4.33. The van der Waals surface area contributed by atoms with Gasteiger partial charge in [0.2, 0.25) is 0 Å². The molecule has 1 saturated carbocycles. The highest BCUT2D eigenvalue weighted by Gasteiger charge is 2.43. The van der Waals surface area contributed by atoms with E-state index in [4.69, 9.17) is 4.74 Å². The van der Waals surface area contributed by atoms with Crippen LogP contribution in [0.2, 0.25) is 0 Å². The molecule has 0 spiro atoms. The summed E-state index contributed by atoms with van der Waals surface area (Å²) in [6.07, 6.45) is 9.12. The Morgan fingerprint density at radius 2 is 2.08 bits per heavy atom. The van der Waals surface area contributed by atoms with Crippen LogP contribution in [-0.4, -0.2) is 46.0 Å². The van der Waals surface area contributed by atoms with Crippen molar-refractivity contribution in [2.45, 2.75) is 31.5 Å². The van der Waals surface area contributed by atoms with Crippen LogP contribution in [0.5, 0.6) is 0 Å². The molecule has 5 nitrogen and oxygen atoms in total. The number of rotatable bonds is 4. The molecule has 2 aromatic heterocycles. The van der Waals surface area contributed by atoms with E-state index >= 15 is 0 Å². The fraction of sp³-hybridized carbons (Fsp3) is 0.556. The van der Waals surface area contributed by atoms with Gasteiger partial charge in [0, 0.05) is 50.9 Å². The number of hydrogen-bond donors (Lipinski definition) is 0. The lowest BCUT2D eigenvalue weighted by Gasteiger charge is -2.37. The molecule has 4 atom stereocenters. The Morgan fingerprint density at radius 1 is 1.25 bits per heavy atom. The molecular weight excluding hydrogens is 307 g/mol. The maximum Gasteiger partial charge on any atom is 0.145 e. The highest BCUT2D eigenvalue weighted by Crippen LogP contribution is 2.42. The number of pyridine rings is 1. The molecule has 0 N–H and O–H groups in total. The monoisotopic (exact) mass is 330 g/mol. The summed E-state index contributed by atoms with van der Waals surface area (Å²) in [4.78, 5) is 6.20. The molecule has 128 valence electrons. The van der Waals surface area contributed by atoms with E-state index in [9.17, 15) is 4.39 Å². The summed E-state index contributed by atoms with van der Waals surface area (Å²) < 4.78 is 21.7. The molecule has 0 amide bonds. The maximum absolute atomic E-state index is 13.9. The minimum absolute atomic E-state index is 0.198. The van der Waals surface area contributed by atoms with Crippen LogP contribution in [-0.2, 0) is 11.3 Å². The molecule has 24 heavy (non-hydrogen) atoms. The van der Waals surface area contributed by atoms with Crippen LogP contribution in [0, 0.1) is 17.7 Å². The van der Waals surface area contributed by atoms with Gasteiger partial charge < -0.3 is 4.74 Å². The Balaban J connectivity index is 1.46. The largest absolute Gasteiger partial charge is 0.379 e. The zero-order chi connectivity index (χ0) is 16.5. The SMILES string of the molecule is CO[C@H]1C[C@@H]2CN(Cc3ccncc3F)C[C@@H]2C[C@@H]1n1cccn1. The zero-order valence-corrected chi connectivity index (χ0v) is 13.9. The van der Waals surface area contributed by atoms with Gasteiger partial charge >= 0.3 is 0 Å². The van der Waals surface area contributed by atoms with Crippen molar-refractivity contribution in [2.75, 3.05) is 20.2 Å². The van der Waals surface area contributed by atoms with Crippen LogP contribution in [0.25, 0.3) is 0 Å².